The summed E-state index contributed by atoms with van der Waals surface area (Å²) < 4.78 is 14.1. The molecule has 0 aromatic heterocycles. The first kappa shape index (κ1) is 14.8. The van der Waals surface area contributed by atoms with Gasteiger partial charge in [-0.25, -0.2) is 4.39 Å². The normalized spacial score (nSPS) is 17.7. The number of hydrogen-bond donors (Lipinski definition) is 1. The first-order chi connectivity index (χ1) is 9.10. The number of benzene rings is 1. The van der Waals surface area contributed by atoms with Crippen LogP contribution in [-0.4, -0.2) is 30.6 Å². The summed E-state index contributed by atoms with van der Waals surface area (Å²) in [6.07, 6.45) is 3.49. The van der Waals surface area contributed by atoms with Crippen LogP contribution in [0.15, 0.2) is 16.6 Å². The standard InChI is InChI=1S/C15H22BrFN2/c1-3-6-19-7-4-12(5-8-19)18-15-10-14(17)13(16)9-11(15)2/h9-10,12,18H,3-8H2,1-2H3. The molecule has 1 aliphatic heterocycles. The van der Waals surface area contributed by atoms with E-state index < -0.39 is 0 Å². The molecule has 0 atom stereocenters. The summed E-state index contributed by atoms with van der Waals surface area (Å²) >= 11 is 3.22. The van der Waals surface area contributed by atoms with E-state index in [1.807, 2.05) is 13.0 Å². The molecule has 2 rings (SSSR count). The molecule has 0 unspecified atom stereocenters. The fraction of sp³-hybridized carbons (Fsp3) is 0.600. The van der Waals surface area contributed by atoms with Gasteiger partial charge in [-0.05, 0) is 66.4 Å². The minimum atomic E-state index is -0.198. The number of hydrogen-bond acceptors (Lipinski definition) is 2. The lowest BCUT2D eigenvalue weighted by atomic mass is 10.0. The van der Waals surface area contributed by atoms with Crippen molar-refractivity contribution in [3.05, 3.63) is 28.0 Å². The highest BCUT2D eigenvalue weighted by molar-refractivity contribution is 9.10. The van der Waals surface area contributed by atoms with E-state index in [4.69, 9.17) is 0 Å². The van der Waals surface area contributed by atoms with Crippen LogP contribution in [0.4, 0.5) is 10.1 Å². The van der Waals surface area contributed by atoms with Crippen molar-refractivity contribution in [3.63, 3.8) is 0 Å². The van der Waals surface area contributed by atoms with E-state index in [1.165, 1.54) is 13.0 Å². The molecule has 0 amide bonds. The molecule has 1 heterocycles. The van der Waals surface area contributed by atoms with Crippen LogP contribution in [0, 0.1) is 12.7 Å². The summed E-state index contributed by atoms with van der Waals surface area (Å²) in [5, 5.41) is 3.49. The van der Waals surface area contributed by atoms with Gasteiger partial charge >= 0.3 is 0 Å². The van der Waals surface area contributed by atoms with E-state index in [9.17, 15) is 4.39 Å². The zero-order valence-corrected chi connectivity index (χ0v) is 13.3. The third-order valence-electron chi connectivity index (χ3n) is 3.75. The van der Waals surface area contributed by atoms with Gasteiger partial charge in [-0.15, -0.1) is 0 Å². The zero-order valence-electron chi connectivity index (χ0n) is 11.7. The van der Waals surface area contributed by atoms with Gasteiger partial charge < -0.3 is 10.2 Å². The zero-order chi connectivity index (χ0) is 13.8. The van der Waals surface area contributed by atoms with Crippen molar-refractivity contribution >= 4 is 21.6 Å². The van der Waals surface area contributed by atoms with Gasteiger partial charge in [0.25, 0.3) is 0 Å². The van der Waals surface area contributed by atoms with Gasteiger partial charge in [-0.1, -0.05) is 6.92 Å². The lowest BCUT2D eigenvalue weighted by Gasteiger charge is -2.33. The predicted octanol–water partition coefficient (Wildman–Crippen LogP) is 4.18. The first-order valence-corrected chi connectivity index (χ1v) is 7.84. The minimum absolute atomic E-state index is 0.198. The van der Waals surface area contributed by atoms with Crippen LogP contribution < -0.4 is 5.32 Å². The number of aryl methyl sites for hydroxylation is 1. The van der Waals surface area contributed by atoms with Crippen LogP contribution in [0.3, 0.4) is 0 Å². The maximum atomic E-state index is 13.6. The molecule has 1 aromatic rings. The fourth-order valence-electron chi connectivity index (χ4n) is 2.64. The molecule has 4 heteroatoms. The van der Waals surface area contributed by atoms with Gasteiger partial charge in [0, 0.05) is 24.8 Å². The number of piperidine rings is 1. The van der Waals surface area contributed by atoms with Crippen LogP contribution in [0.25, 0.3) is 0 Å². The second-order valence-electron chi connectivity index (χ2n) is 5.34. The van der Waals surface area contributed by atoms with Crippen LogP contribution in [0.1, 0.15) is 31.7 Å². The van der Waals surface area contributed by atoms with Gasteiger partial charge in [-0.2, -0.15) is 0 Å². The topological polar surface area (TPSA) is 15.3 Å². The quantitative estimate of drug-likeness (QED) is 0.891. The molecule has 106 valence electrons. The summed E-state index contributed by atoms with van der Waals surface area (Å²) in [6.45, 7) is 7.71. The lowest BCUT2D eigenvalue weighted by molar-refractivity contribution is 0.219. The molecule has 0 spiro atoms. The summed E-state index contributed by atoms with van der Waals surface area (Å²) in [5.41, 5.74) is 2.01. The number of nitrogens with zero attached hydrogens (tertiary/aromatic N) is 1. The van der Waals surface area contributed by atoms with Crippen molar-refractivity contribution in [2.45, 2.75) is 39.2 Å². The van der Waals surface area contributed by atoms with Gasteiger partial charge in [0.05, 0.1) is 4.47 Å². The monoisotopic (exact) mass is 328 g/mol. The minimum Gasteiger partial charge on any atom is -0.382 e. The van der Waals surface area contributed by atoms with E-state index in [-0.39, 0.29) is 5.82 Å². The van der Waals surface area contributed by atoms with E-state index in [1.54, 1.807) is 6.07 Å². The Kier molecular flexibility index (Phi) is 5.22. The molecule has 0 bridgehead atoms. The van der Waals surface area contributed by atoms with Crippen LogP contribution in [-0.2, 0) is 0 Å². The molecule has 1 aromatic carbocycles. The summed E-state index contributed by atoms with van der Waals surface area (Å²) in [4.78, 5) is 2.51. The van der Waals surface area contributed by atoms with Gasteiger partial charge in [0.1, 0.15) is 5.82 Å². The van der Waals surface area contributed by atoms with Crippen LogP contribution in [0.2, 0.25) is 0 Å². The number of anilines is 1. The SMILES string of the molecule is CCCN1CCC(Nc2cc(F)c(Br)cc2C)CC1. The molecule has 1 fully saturated rings. The molecule has 2 nitrogen and oxygen atoms in total. The average molecular weight is 329 g/mol. The number of likely N-dealkylation sites (tertiary alicyclic amines) is 1. The Hall–Kier alpha value is -0.610. The smallest absolute Gasteiger partial charge is 0.139 e. The first-order valence-electron chi connectivity index (χ1n) is 7.04. The van der Waals surface area contributed by atoms with Crippen molar-refractivity contribution in [1.29, 1.82) is 0 Å². The Balaban J connectivity index is 1.94. The molecule has 0 radical (unpaired) electrons. The predicted molar refractivity (Wildman–Crippen MR) is 82.2 cm³/mol. The Morgan fingerprint density at radius 2 is 2.05 bits per heavy atom. The van der Waals surface area contributed by atoms with E-state index in [0.29, 0.717) is 10.5 Å². The molecule has 1 aliphatic rings. The molecule has 0 saturated carbocycles. The molecular weight excluding hydrogens is 307 g/mol. The summed E-state index contributed by atoms with van der Waals surface area (Å²) in [7, 11) is 0. The van der Waals surface area contributed by atoms with Gasteiger partial charge in [0.15, 0.2) is 0 Å². The van der Waals surface area contributed by atoms with Crippen molar-refractivity contribution in [1.82, 2.24) is 4.90 Å². The van der Waals surface area contributed by atoms with Crippen molar-refractivity contribution in [2.75, 3.05) is 25.0 Å². The molecular formula is C15H22BrFN2. The second-order valence-corrected chi connectivity index (χ2v) is 6.20. The highest BCUT2D eigenvalue weighted by Crippen LogP contribution is 2.26. The Morgan fingerprint density at radius 3 is 2.68 bits per heavy atom. The largest absolute Gasteiger partial charge is 0.382 e. The maximum absolute atomic E-state index is 13.6. The highest BCUT2D eigenvalue weighted by atomic mass is 79.9. The summed E-state index contributed by atoms with van der Waals surface area (Å²) in [6, 6.07) is 3.90. The van der Waals surface area contributed by atoms with Crippen molar-refractivity contribution in [2.24, 2.45) is 0 Å². The van der Waals surface area contributed by atoms with E-state index in [0.717, 1.165) is 37.2 Å². The average Bonchev–Trinajstić information content (AvgIpc) is 2.38. The fourth-order valence-corrected chi connectivity index (χ4v) is 3.10. The molecule has 19 heavy (non-hydrogen) atoms. The number of nitrogens with one attached hydrogen (secondary N) is 1. The van der Waals surface area contributed by atoms with Crippen molar-refractivity contribution < 1.29 is 4.39 Å². The Bertz CT molecular complexity index is 428. The van der Waals surface area contributed by atoms with E-state index in [2.05, 4.69) is 33.1 Å². The lowest BCUT2D eigenvalue weighted by Crippen LogP contribution is -2.39. The third kappa shape index (κ3) is 3.93. The Labute approximate surface area is 123 Å². The van der Waals surface area contributed by atoms with Crippen molar-refractivity contribution in [3.8, 4) is 0 Å². The number of rotatable bonds is 4. The summed E-state index contributed by atoms with van der Waals surface area (Å²) in [5.74, 6) is -0.198. The van der Waals surface area contributed by atoms with Crippen LogP contribution in [0.5, 0.6) is 0 Å². The highest BCUT2D eigenvalue weighted by Gasteiger charge is 2.19. The third-order valence-corrected chi connectivity index (χ3v) is 4.36. The second kappa shape index (κ2) is 6.71. The Morgan fingerprint density at radius 1 is 1.37 bits per heavy atom. The molecule has 1 N–H and O–H groups in total. The van der Waals surface area contributed by atoms with Crippen LogP contribution >= 0.6 is 15.9 Å². The maximum Gasteiger partial charge on any atom is 0.139 e. The van der Waals surface area contributed by atoms with E-state index >= 15 is 0 Å². The van der Waals surface area contributed by atoms with Gasteiger partial charge in [-0.3, -0.25) is 0 Å². The van der Waals surface area contributed by atoms with Gasteiger partial charge in [0.2, 0.25) is 0 Å². The molecule has 0 aliphatic carbocycles. The molecule has 1 saturated heterocycles. The number of halogens is 2.